The van der Waals surface area contributed by atoms with E-state index < -0.39 is 0 Å². The molecule has 2 N–H and O–H groups in total. The van der Waals surface area contributed by atoms with Crippen LogP contribution in [0.15, 0.2) is 42.6 Å². The van der Waals surface area contributed by atoms with E-state index in [1.807, 2.05) is 18.3 Å². The van der Waals surface area contributed by atoms with Crippen molar-refractivity contribution in [1.29, 1.82) is 0 Å². The first-order valence-corrected chi connectivity index (χ1v) is 10.1. The molecule has 2 heterocycles. The Labute approximate surface area is 173 Å². The van der Waals surface area contributed by atoms with E-state index >= 15 is 0 Å². The van der Waals surface area contributed by atoms with Crippen LogP contribution in [0.3, 0.4) is 0 Å². The molecule has 0 spiro atoms. The number of methoxy groups -OCH3 is 2. The molecule has 0 fully saturated rings. The number of fused-ring (bicyclic) bond motifs is 1. The van der Waals surface area contributed by atoms with Crippen LogP contribution in [0.5, 0.6) is 0 Å². The maximum atomic E-state index is 6.08. The molecule has 1 aromatic carbocycles. The third kappa shape index (κ3) is 5.15. The minimum Gasteiger partial charge on any atom is -0.398 e. The first-order chi connectivity index (χ1) is 14.0. The van der Waals surface area contributed by atoms with Gasteiger partial charge in [-0.15, -0.1) is 0 Å². The normalized spacial score (nSPS) is 11.8. The van der Waals surface area contributed by atoms with E-state index in [4.69, 9.17) is 20.2 Å². The van der Waals surface area contributed by atoms with Gasteiger partial charge in [-0.2, -0.15) is 0 Å². The van der Waals surface area contributed by atoms with Crippen LogP contribution in [-0.4, -0.2) is 54.8 Å². The average molecular weight is 397 g/mol. The number of hydrogen-bond donors (Lipinski definition) is 1. The molecule has 29 heavy (non-hydrogen) atoms. The second-order valence-corrected chi connectivity index (χ2v) is 7.64. The Hall–Kier alpha value is -2.41. The van der Waals surface area contributed by atoms with Gasteiger partial charge >= 0.3 is 0 Å². The van der Waals surface area contributed by atoms with Crippen molar-refractivity contribution in [2.45, 2.75) is 26.3 Å². The fourth-order valence-electron chi connectivity index (χ4n) is 3.44. The number of imidazole rings is 1. The number of nitrogens with two attached hydrogens (primary N) is 1. The summed E-state index contributed by atoms with van der Waals surface area (Å²) < 4.78 is 12.7. The fraction of sp³-hybridized carbons (Fsp3) is 0.435. The van der Waals surface area contributed by atoms with Crippen LogP contribution < -0.4 is 5.73 Å². The van der Waals surface area contributed by atoms with Gasteiger partial charge in [0.05, 0.1) is 24.6 Å². The van der Waals surface area contributed by atoms with Gasteiger partial charge in [0.25, 0.3) is 0 Å². The van der Waals surface area contributed by atoms with E-state index in [9.17, 15) is 0 Å². The van der Waals surface area contributed by atoms with Crippen LogP contribution in [0.1, 0.15) is 31.0 Å². The van der Waals surface area contributed by atoms with Crippen molar-refractivity contribution in [3.8, 4) is 11.3 Å². The molecule has 0 aliphatic heterocycles. The molecule has 0 atom stereocenters. The Balaban J connectivity index is 2.02. The van der Waals surface area contributed by atoms with Crippen LogP contribution >= 0.6 is 0 Å². The monoisotopic (exact) mass is 396 g/mol. The topological polar surface area (TPSA) is 65.0 Å². The summed E-state index contributed by atoms with van der Waals surface area (Å²) in [7, 11) is 3.45. The van der Waals surface area contributed by atoms with E-state index in [0.717, 1.165) is 47.9 Å². The molecule has 0 aliphatic rings. The van der Waals surface area contributed by atoms with Gasteiger partial charge in [0.2, 0.25) is 0 Å². The maximum absolute atomic E-state index is 6.08. The van der Waals surface area contributed by atoms with Crippen molar-refractivity contribution in [3.63, 3.8) is 0 Å². The molecule has 2 aromatic heterocycles. The van der Waals surface area contributed by atoms with Crippen molar-refractivity contribution in [2.24, 2.45) is 0 Å². The smallest absolute Gasteiger partial charge is 0.137 e. The highest BCUT2D eigenvalue weighted by atomic mass is 16.5. The van der Waals surface area contributed by atoms with Crippen LogP contribution in [0.25, 0.3) is 16.9 Å². The molecule has 6 nitrogen and oxygen atoms in total. The molecular weight excluding hydrogens is 364 g/mol. The number of anilines is 1. The number of pyridine rings is 1. The van der Waals surface area contributed by atoms with Gasteiger partial charge in [-0.3, -0.25) is 4.90 Å². The minimum absolute atomic E-state index is 0.503. The van der Waals surface area contributed by atoms with E-state index in [1.165, 1.54) is 5.56 Å². The van der Waals surface area contributed by atoms with Crippen LogP contribution in [0.2, 0.25) is 0 Å². The Morgan fingerprint density at radius 3 is 2.24 bits per heavy atom. The van der Waals surface area contributed by atoms with Crippen molar-refractivity contribution < 1.29 is 9.47 Å². The van der Waals surface area contributed by atoms with Crippen LogP contribution in [0.4, 0.5) is 5.69 Å². The summed E-state index contributed by atoms with van der Waals surface area (Å²) in [6.07, 6.45) is 1.95. The maximum Gasteiger partial charge on any atom is 0.137 e. The summed E-state index contributed by atoms with van der Waals surface area (Å²) in [6.45, 7) is 8.12. The summed E-state index contributed by atoms with van der Waals surface area (Å²) in [4.78, 5) is 7.26. The second kappa shape index (κ2) is 9.87. The molecule has 3 rings (SSSR count). The van der Waals surface area contributed by atoms with Gasteiger partial charge in [0.1, 0.15) is 5.65 Å². The number of ether oxygens (including phenoxy) is 2. The van der Waals surface area contributed by atoms with E-state index in [2.05, 4.69) is 47.4 Å². The number of nitrogens with zero attached hydrogens (tertiary/aromatic N) is 3. The first kappa shape index (κ1) is 21.3. The summed E-state index contributed by atoms with van der Waals surface area (Å²) >= 11 is 0. The van der Waals surface area contributed by atoms with Gasteiger partial charge in [-0.05, 0) is 23.6 Å². The Morgan fingerprint density at radius 2 is 1.66 bits per heavy atom. The van der Waals surface area contributed by atoms with Crippen molar-refractivity contribution in [1.82, 2.24) is 14.3 Å². The van der Waals surface area contributed by atoms with Gasteiger partial charge in [0.15, 0.2) is 0 Å². The van der Waals surface area contributed by atoms with Gasteiger partial charge in [-0.1, -0.05) is 38.1 Å². The molecule has 0 bridgehead atoms. The molecule has 0 aliphatic carbocycles. The molecule has 0 saturated heterocycles. The zero-order valence-corrected chi connectivity index (χ0v) is 17.9. The second-order valence-electron chi connectivity index (χ2n) is 7.64. The molecule has 0 saturated carbocycles. The first-order valence-electron chi connectivity index (χ1n) is 10.1. The molecular formula is C23H32N4O2. The molecule has 156 valence electrons. The zero-order chi connectivity index (χ0) is 20.8. The standard InChI is InChI=1S/C23H32N4O2/c1-17(2)18-5-7-19(8-6-18)23-21(16-26(11-13-28-3)12-14-29-4)27-15-20(24)9-10-22(27)25-23/h5-10,15,17H,11-14,16,24H2,1-4H3. The Kier molecular flexibility index (Phi) is 7.25. The number of aromatic nitrogens is 2. The highest BCUT2D eigenvalue weighted by molar-refractivity contribution is 5.67. The lowest BCUT2D eigenvalue weighted by atomic mass is 10.0. The van der Waals surface area contributed by atoms with Crippen molar-refractivity contribution in [3.05, 3.63) is 53.9 Å². The van der Waals surface area contributed by atoms with E-state index in [-0.39, 0.29) is 0 Å². The summed E-state index contributed by atoms with van der Waals surface area (Å²) in [5.74, 6) is 0.503. The Bertz CT molecular complexity index is 911. The van der Waals surface area contributed by atoms with E-state index in [1.54, 1.807) is 14.2 Å². The highest BCUT2D eigenvalue weighted by Crippen LogP contribution is 2.28. The predicted octanol–water partition coefficient (Wildman–Crippen LogP) is 3.80. The van der Waals surface area contributed by atoms with Crippen LogP contribution in [-0.2, 0) is 16.0 Å². The molecule has 6 heteroatoms. The zero-order valence-electron chi connectivity index (χ0n) is 17.9. The lowest BCUT2D eigenvalue weighted by Gasteiger charge is -2.22. The SMILES string of the molecule is COCCN(CCOC)Cc1c(-c2ccc(C(C)C)cc2)nc2ccc(N)cn12. The lowest BCUT2D eigenvalue weighted by molar-refractivity contribution is 0.109. The van der Waals surface area contributed by atoms with Crippen LogP contribution in [0, 0.1) is 0 Å². The van der Waals surface area contributed by atoms with Gasteiger partial charge in [-0.25, -0.2) is 4.98 Å². The predicted molar refractivity (Wildman–Crippen MR) is 118 cm³/mol. The Morgan fingerprint density at radius 1 is 1.00 bits per heavy atom. The fourth-order valence-corrected chi connectivity index (χ4v) is 3.44. The molecule has 0 amide bonds. The quantitative estimate of drug-likeness (QED) is 0.565. The molecule has 3 aromatic rings. The minimum atomic E-state index is 0.503. The van der Waals surface area contributed by atoms with Gasteiger partial charge in [0, 0.05) is 51.3 Å². The lowest BCUT2D eigenvalue weighted by Crippen LogP contribution is -2.31. The number of rotatable bonds is 10. The number of nitrogen functional groups attached to an aromatic ring is 1. The third-order valence-electron chi connectivity index (χ3n) is 5.19. The van der Waals surface area contributed by atoms with E-state index in [0.29, 0.717) is 19.1 Å². The number of benzene rings is 1. The summed E-state index contributed by atoms with van der Waals surface area (Å²) in [5.41, 5.74) is 12.3. The summed E-state index contributed by atoms with van der Waals surface area (Å²) in [6, 6.07) is 12.6. The number of hydrogen-bond acceptors (Lipinski definition) is 5. The highest BCUT2D eigenvalue weighted by Gasteiger charge is 2.18. The largest absolute Gasteiger partial charge is 0.398 e. The van der Waals surface area contributed by atoms with Gasteiger partial charge < -0.3 is 19.6 Å². The molecule has 0 unspecified atom stereocenters. The molecule has 0 radical (unpaired) electrons. The average Bonchev–Trinajstić information content (AvgIpc) is 3.07. The van der Waals surface area contributed by atoms with Crippen molar-refractivity contribution >= 4 is 11.3 Å². The van der Waals surface area contributed by atoms with Crippen molar-refractivity contribution in [2.75, 3.05) is 46.3 Å². The summed E-state index contributed by atoms with van der Waals surface area (Å²) in [5, 5.41) is 0. The third-order valence-corrected chi connectivity index (χ3v) is 5.19.